The number of rotatable bonds is 5. The van der Waals surface area contributed by atoms with E-state index in [0.717, 1.165) is 5.56 Å². The van der Waals surface area contributed by atoms with Crippen molar-refractivity contribution < 1.29 is 9.59 Å². The molecule has 2 aromatic carbocycles. The van der Waals surface area contributed by atoms with Crippen LogP contribution in [0.15, 0.2) is 61.1 Å². The SMILES string of the molecule is O=C(Nc1ccncn1)C(=O)c1c(Cl)n(Cc2ccc(Cl)cc2Cl)c2ccccc12. The average Bonchev–Trinajstić information content (AvgIpc) is 3.01. The molecule has 0 bridgehead atoms. The fourth-order valence-corrected chi connectivity index (χ4v) is 3.92. The Hall–Kier alpha value is -2.93. The van der Waals surface area contributed by atoms with Gasteiger partial charge in [-0.05, 0) is 29.8 Å². The number of aromatic nitrogens is 3. The smallest absolute Gasteiger partial charge is 0.298 e. The van der Waals surface area contributed by atoms with Crippen molar-refractivity contribution in [3.63, 3.8) is 0 Å². The highest BCUT2D eigenvalue weighted by Crippen LogP contribution is 2.33. The Morgan fingerprint density at radius 2 is 1.83 bits per heavy atom. The number of halogens is 3. The molecule has 2 heterocycles. The zero-order valence-corrected chi connectivity index (χ0v) is 17.5. The van der Waals surface area contributed by atoms with Crippen LogP contribution in [-0.4, -0.2) is 26.2 Å². The summed E-state index contributed by atoms with van der Waals surface area (Å²) in [6.45, 7) is 0.302. The van der Waals surface area contributed by atoms with Crippen molar-refractivity contribution in [1.29, 1.82) is 0 Å². The van der Waals surface area contributed by atoms with Gasteiger partial charge in [0.05, 0.1) is 17.6 Å². The lowest BCUT2D eigenvalue weighted by Crippen LogP contribution is -2.23. The lowest BCUT2D eigenvalue weighted by atomic mass is 10.1. The number of anilines is 1. The van der Waals surface area contributed by atoms with E-state index in [1.807, 2.05) is 12.1 Å². The summed E-state index contributed by atoms with van der Waals surface area (Å²) in [5.74, 6) is -1.39. The maximum Gasteiger partial charge on any atom is 0.298 e. The van der Waals surface area contributed by atoms with Crippen LogP contribution in [0.2, 0.25) is 15.2 Å². The number of nitrogens with zero attached hydrogens (tertiary/aromatic N) is 3. The van der Waals surface area contributed by atoms with Crippen LogP contribution < -0.4 is 5.32 Å². The number of ketones is 1. The Morgan fingerprint density at radius 3 is 2.57 bits per heavy atom. The number of nitrogens with one attached hydrogen (secondary N) is 1. The third-order valence-electron chi connectivity index (χ3n) is 4.51. The van der Waals surface area contributed by atoms with Crippen LogP contribution in [0, 0.1) is 0 Å². The highest BCUT2D eigenvalue weighted by atomic mass is 35.5. The molecule has 150 valence electrons. The van der Waals surface area contributed by atoms with E-state index in [-0.39, 0.29) is 16.5 Å². The summed E-state index contributed by atoms with van der Waals surface area (Å²) < 4.78 is 1.73. The van der Waals surface area contributed by atoms with Crippen LogP contribution in [0.1, 0.15) is 15.9 Å². The van der Waals surface area contributed by atoms with E-state index in [1.54, 1.807) is 34.9 Å². The Labute approximate surface area is 186 Å². The number of carbonyl (C=O) groups is 2. The number of carbonyl (C=O) groups excluding carboxylic acids is 2. The molecule has 30 heavy (non-hydrogen) atoms. The van der Waals surface area contributed by atoms with Gasteiger partial charge in [-0.1, -0.05) is 59.1 Å². The van der Waals surface area contributed by atoms with E-state index in [4.69, 9.17) is 34.8 Å². The minimum atomic E-state index is -0.844. The van der Waals surface area contributed by atoms with Gasteiger partial charge in [0.25, 0.3) is 11.7 Å². The van der Waals surface area contributed by atoms with Crippen molar-refractivity contribution in [2.24, 2.45) is 0 Å². The molecule has 0 unspecified atom stereocenters. The number of para-hydroxylation sites is 1. The van der Waals surface area contributed by atoms with Gasteiger partial charge in [0.15, 0.2) is 0 Å². The summed E-state index contributed by atoms with van der Waals surface area (Å²) in [5, 5.41) is 4.17. The summed E-state index contributed by atoms with van der Waals surface area (Å²) in [6.07, 6.45) is 2.73. The Balaban J connectivity index is 1.75. The fraction of sp³-hybridized carbons (Fsp3) is 0.0476. The van der Waals surface area contributed by atoms with Crippen LogP contribution in [0.4, 0.5) is 5.82 Å². The second-order valence-corrected chi connectivity index (χ2v) is 7.58. The van der Waals surface area contributed by atoms with Gasteiger partial charge in [0.1, 0.15) is 17.3 Å². The lowest BCUT2D eigenvalue weighted by Gasteiger charge is -2.09. The largest absolute Gasteiger partial charge is 0.326 e. The molecule has 4 aromatic rings. The first kappa shape index (κ1) is 20.3. The minimum absolute atomic E-state index is 0.115. The van der Waals surface area contributed by atoms with Gasteiger partial charge in [0.2, 0.25) is 0 Å². The summed E-state index contributed by atoms with van der Waals surface area (Å²) in [5.41, 5.74) is 1.59. The van der Waals surface area contributed by atoms with Crippen LogP contribution in [0.25, 0.3) is 10.9 Å². The maximum absolute atomic E-state index is 13.0. The Bertz CT molecular complexity index is 1270. The van der Waals surface area contributed by atoms with Crippen LogP contribution in [-0.2, 0) is 11.3 Å². The summed E-state index contributed by atoms with van der Waals surface area (Å²) >= 11 is 18.9. The number of fused-ring (bicyclic) bond motifs is 1. The third kappa shape index (κ3) is 3.89. The molecular formula is C21H13Cl3N4O2. The Morgan fingerprint density at radius 1 is 1.03 bits per heavy atom. The van der Waals surface area contributed by atoms with Crippen molar-refractivity contribution in [1.82, 2.24) is 14.5 Å². The molecule has 4 rings (SSSR count). The number of amides is 1. The van der Waals surface area contributed by atoms with Gasteiger partial charge >= 0.3 is 0 Å². The molecule has 0 spiro atoms. The van der Waals surface area contributed by atoms with E-state index in [2.05, 4.69) is 15.3 Å². The molecule has 0 aliphatic rings. The number of benzene rings is 2. The third-order valence-corrected chi connectivity index (χ3v) is 5.49. The van der Waals surface area contributed by atoms with Crippen molar-refractivity contribution in [2.75, 3.05) is 5.32 Å². The normalized spacial score (nSPS) is 10.9. The molecular weight excluding hydrogens is 447 g/mol. The van der Waals surface area contributed by atoms with E-state index in [0.29, 0.717) is 27.5 Å². The van der Waals surface area contributed by atoms with Gasteiger partial charge in [-0.3, -0.25) is 9.59 Å². The van der Waals surface area contributed by atoms with Gasteiger partial charge in [0, 0.05) is 21.6 Å². The Kier molecular flexibility index (Phi) is 5.72. The standard InChI is InChI=1S/C21H13Cl3N4O2/c22-13-6-5-12(15(23)9-13)10-28-16-4-2-1-3-14(16)18(20(28)24)19(29)21(30)27-17-7-8-25-11-26-17/h1-9,11H,10H2,(H,25,26,27,30). The number of hydrogen-bond donors (Lipinski definition) is 1. The first-order valence-corrected chi connectivity index (χ1v) is 9.91. The molecule has 6 nitrogen and oxygen atoms in total. The summed E-state index contributed by atoms with van der Waals surface area (Å²) in [7, 11) is 0. The van der Waals surface area contributed by atoms with Crippen LogP contribution >= 0.6 is 34.8 Å². The molecule has 2 aromatic heterocycles. The fourth-order valence-electron chi connectivity index (χ4n) is 3.11. The molecule has 1 amide bonds. The second-order valence-electron chi connectivity index (χ2n) is 6.38. The van der Waals surface area contributed by atoms with E-state index in [9.17, 15) is 9.59 Å². The van der Waals surface area contributed by atoms with Crippen molar-refractivity contribution in [2.45, 2.75) is 6.54 Å². The molecule has 0 aliphatic carbocycles. The molecule has 9 heteroatoms. The topological polar surface area (TPSA) is 76.9 Å². The van der Waals surface area contributed by atoms with E-state index in [1.165, 1.54) is 18.6 Å². The quantitative estimate of drug-likeness (QED) is 0.326. The molecule has 0 fully saturated rings. The average molecular weight is 460 g/mol. The number of Topliss-reactive ketones (excluding diaryl/α,β-unsaturated/α-hetero) is 1. The van der Waals surface area contributed by atoms with Crippen molar-refractivity contribution >= 4 is 63.2 Å². The first-order valence-electron chi connectivity index (χ1n) is 8.78. The van der Waals surface area contributed by atoms with Gasteiger partial charge < -0.3 is 9.88 Å². The second kappa shape index (κ2) is 8.44. The summed E-state index contributed by atoms with van der Waals surface area (Å²) in [4.78, 5) is 33.2. The predicted octanol–water partition coefficient (Wildman–Crippen LogP) is 5.26. The molecule has 1 N–H and O–H groups in total. The summed E-state index contributed by atoms with van der Waals surface area (Å²) in [6, 6.07) is 13.8. The van der Waals surface area contributed by atoms with Gasteiger partial charge in [-0.25, -0.2) is 9.97 Å². The van der Waals surface area contributed by atoms with E-state index < -0.39 is 11.7 Å². The molecule has 0 saturated heterocycles. The minimum Gasteiger partial charge on any atom is -0.326 e. The highest BCUT2D eigenvalue weighted by Gasteiger charge is 2.26. The van der Waals surface area contributed by atoms with Gasteiger partial charge in [-0.2, -0.15) is 0 Å². The zero-order valence-electron chi connectivity index (χ0n) is 15.3. The molecule has 0 saturated carbocycles. The van der Waals surface area contributed by atoms with E-state index >= 15 is 0 Å². The van der Waals surface area contributed by atoms with Crippen molar-refractivity contribution in [3.05, 3.63) is 87.4 Å². The molecule has 0 radical (unpaired) electrons. The zero-order chi connectivity index (χ0) is 21.3. The van der Waals surface area contributed by atoms with Crippen LogP contribution in [0.3, 0.4) is 0 Å². The highest BCUT2D eigenvalue weighted by molar-refractivity contribution is 6.51. The maximum atomic E-state index is 13.0. The number of hydrogen-bond acceptors (Lipinski definition) is 4. The predicted molar refractivity (Wildman–Crippen MR) is 118 cm³/mol. The lowest BCUT2D eigenvalue weighted by molar-refractivity contribution is -0.112. The van der Waals surface area contributed by atoms with Gasteiger partial charge in [-0.15, -0.1) is 0 Å². The van der Waals surface area contributed by atoms with Crippen LogP contribution in [0.5, 0.6) is 0 Å². The first-order chi connectivity index (χ1) is 14.5. The monoisotopic (exact) mass is 458 g/mol. The van der Waals surface area contributed by atoms with Crippen molar-refractivity contribution in [3.8, 4) is 0 Å². The molecule has 0 aliphatic heterocycles. The molecule has 0 atom stereocenters.